The van der Waals surface area contributed by atoms with Crippen LogP contribution < -0.4 is 0 Å². The summed E-state index contributed by atoms with van der Waals surface area (Å²) in [6, 6.07) is 6.62. The fraction of sp³-hybridized carbons (Fsp3) is 0.133. The number of furan rings is 1. The number of hydrogen-bond acceptors (Lipinski definition) is 4. The first-order chi connectivity index (χ1) is 9.91. The highest BCUT2D eigenvalue weighted by atomic mass is 35.5. The highest BCUT2D eigenvalue weighted by Crippen LogP contribution is 2.35. The highest BCUT2D eigenvalue weighted by Gasteiger charge is 2.41. The zero-order chi connectivity index (χ0) is 15.3. The van der Waals surface area contributed by atoms with Crippen LogP contribution in [0.1, 0.15) is 26.5 Å². The molecule has 0 N–H and O–H groups in total. The number of likely N-dealkylation sites (N-methyl/N-ethyl adjacent to an activating group) is 1. The molecule has 21 heavy (non-hydrogen) atoms. The number of rotatable bonds is 1. The van der Waals surface area contributed by atoms with Gasteiger partial charge >= 0.3 is 5.91 Å². The lowest BCUT2D eigenvalue weighted by Gasteiger charge is -2.19. The molecule has 2 heterocycles. The number of hydrogen-bond donors (Lipinski definition) is 0. The third kappa shape index (κ3) is 1.89. The quantitative estimate of drug-likeness (QED) is 0.600. The first-order valence-electron chi connectivity index (χ1n) is 6.18. The van der Waals surface area contributed by atoms with Crippen LogP contribution in [-0.4, -0.2) is 29.5 Å². The van der Waals surface area contributed by atoms with Gasteiger partial charge in [-0.3, -0.25) is 19.3 Å². The number of Topliss-reactive ketones (excluding diaryl/α,β-unsaturated/α-hetero) is 1. The third-order valence-corrected chi connectivity index (χ3v) is 3.69. The number of nitrogens with zero attached hydrogens (tertiary/aromatic N) is 1. The summed E-state index contributed by atoms with van der Waals surface area (Å²) in [6.07, 6.45) is 0. The zero-order valence-corrected chi connectivity index (χ0v) is 12.0. The molecule has 2 amide bonds. The number of aryl methyl sites for hydroxylation is 1. The Hall–Kier alpha value is -2.40. The van der Waals surface area contributed by atoms with Crippen molar-refractivity contribution in [3.8, 4) is 11.3 Å². The van der Waals surface area contributed by atoms with Gasteiger partial charge in [-0.15, -0.1) is 0 Å². The molecule has 0 bridgehead atoms. The largest absolute Gasteiger partial charge is 0.460 e. The van der Waals surface area contributed by atoms with Gasteiger partial charge in [-0.05, 0) is 31.2 Å². The van der Waals surface area contributed by atoms with Crippen molar-refractivity contribution < 1.29 is 18.8 Å². The molecule has 3 rings (SSSR count). The Labute approximate surface area is 125 Å². The lowest BCUT2D eigenvalue weighted by molar-refractivity contribution is -0.123. The topological polar surface area (TPSA) is 67.6 Å². The molecule has 0 aliphatic carbocycles. The molecule has 106 valence electrons. The van der Waals surface area contributed by atoms with Gasteiger partial charge in [0.25, 0.3) is 11.7 Å². The molecule has 0 fully saturated rings. The van der Waals surface area contributed by atoms with Crippen molar-refractivity contribution in [2.45, 2.75) is 6.92 Å². The van der Waals surface area contributed by atoms with Crippen molar-refractivity contribution in [1.82, 2.24) is 4.90 Å². The van der Waals surface area contributed by atoms with Gasteiger partial charge in [0.2, 0.25) is 0 Å². The summed E-state index contributed by atoms with van der Waals surface area (Å²) in [5.74, 6) is -1.60. The van der Waals surface area contributed by atoms with Gasteiger partial charge in [0, 0.05) is 17.6 Å². The van der Waals surface area contributed by atoms with Crippen LogP contribution in [0, 0.1) is 6.92 Å². The molecule has 2 aromatic rings. The van der Waals surface area contributed by atoms with Crippen LogP contribution in [0.25, 0.3) is 11.3 Å². The zero-order valence-electron chi connectivity index (χ0n) is 11.3. The van der Waals surface area contributed by atoms with Crippen LogP contribution >= 0.6 is 11.6 Å². The van der Waals surface area contributed by atoms with E-state index in [-0.39, 0.29) is 16.9 Å². The summed E-state index contributed by atoms with van der Waals surface area (Å²) in [6.45, 7) is 1.59. The van der Waals surface area contributed by atoms with Gasteiger partial charge in [-0.2, -0.15) is 0 Å². The van der Waals surface area contributed by atoms with Gasteiger partial charge in [-0.1, -0.05) is 11.6 Å². The number of imide groups is 1. The van der Waals surface area contributed by atoms with Crippen LogP contribution in [0.15, 0.2) is 28.7 Å². The van der Waals surface area contributed by atoms with Gasteiger partial charge in [0.1, 0.15) is 11.5 Å². The molecule has 1 aromatic heterocycles. The van der Waals surface area contributed by atoms with Crippen molar-refractivity contribution >= 4 is 29.2 Å². The predicted octanol–water partition coefficient (Wildman–Crippen LogP) is 2.70. The lowest BCUT2D eigenvalue weighted by Crippen LogP contribution is -2.43. The van der Waals surface area contributed by atoms with Crippen molar-refractivity contribution in [3.05, 3.63) is 46.2 Å². The van der Waals surface area contributed by atoms with Crippen LogP contribution in [0.4, 0.5) is 0 Å². The van der Waals surface area contributed by atoms with Gasteiger partial charge in [0.05, 0.1) is 11.1 Å². The Balaban J connectivity index is 2.27. The SMILES string of the molecule is Cc1oc(-c2ccc(Cl)cc2)c2c1C(=O)N(C)C(=O)C2=O. The summed E-state index contributed by atoms with van der Waals surface area (Å²) in [5.41, 5.74) is 0.761. The van der Waals surface area contributed by atoms with E-state index in [1.165, 1.54) is 7.05 Å². The lowest BCUT2D eigenvalue weighted by atomic mass is 9.96. The maximum absolute atomic E-state index is 12.2. The number of carbonyl (C=O) groups excluding carboxylic acids is 3. The van der Waals surface area contributed by atoms with Gasteiger partial charge < -0.3 is 4.42 Å². The molecule has 0 atom stereocenters. The average molecular weight is 304 g/mol. The number of ketones is 1. The minimum Gasteiger partial charge on any atom is -0.460 e. The van der Waals surface area contributed by atoms with E-state index in [1.807, 2.05) is 0 Å². The molecular formula is C15H10ClNO4. The second-order valence-corrected chi connectivity index (χ2v) is 5.18. The normalized spacial score (nSPS) is 14.6. The van der Waals surface area contributed by atoms with E-state index in [2.05, 4.69) is 0 Å². The molecule has 1 aromatic carbocycles. The molecule has 0 spiro atoms. The predicted molar refractivity (Wildman–Crippen MR) is 75.3 cm³/mol. The third-order valence-electron chi connectivity index (χ3n) is 3.44. The number of fused-ring (bicyclic) bond motifs is 1. The summed E-state index contributed by atoms with van der Waals surface area (Å²) < 4.78 is 5.57. The minimum atomic E-state index is -0.858. The molecule has 0 saturated heterocycles. The molecule has 6 heteroatoms. The first-order valence-corrected chi connectivity index (χ1v) is 6.55. The van der Waals surface area contributed by atoms with E-state index < -0.39 is 17.6 Å². The monoisotopic (exact) mass is 303 g/mol. The first kappa shape index (κ1) is 13.6. The molecule has 1 aliphatic heterocycles. The van der Waals surface area contributed by atoms with Crippen LogP contribution in [0.5, 0.6) is 0 Å². The number of carbonyl (C=O) groups is 3. The van der Waals surface area contributed by atoms with E-state index >= 15 is 0 Å². The van der Waals surface area contributed by atoms with E-state index in [0.29, 0.717) is 16.3 Å². The summed E-state index contributed by atoms with van der Waals surface area (Å²) in [4.78, 5) is 37.0. The second-order valence-electron chi connectivity index (χ2n) is 4.74. The Bertz CT molecular complexity index is 789. The summed E-state index contributed by atoms with van der Waals surface area (Å²) in [7, 11) is 1.28. The van der Waals surface area contributed by atoms with E-state index in [9.17, 15) is 14.4 Å². The van der Waals surface area contributed by atoms with Crippen LogP contribution in [0.2, 0.25) is 5.02 Å². The molecule has 1 aliphatic rings. The number of halogens is 1. The maximum Gasteiger partial charge on any atom is 0.301 e. The van der Waals surface area contributed by atoms with E-state index in [4.69, 9.17) is 16.0 Å². The molecule has 0 unspecified atom stereocenters. The Morgan fingerprint density at radius 1 is 1.00 bits per heavy atom. The fourth-order valence-electron chi connectivity index (χ4n) is 2.34. The second kappa shape index (κ2) is 4.56. The number of benzene rings is 1. The highest BCUT2D eigenvalue weighted by molar-refractivity contribution is 6.50. The van der Waals surface area contributed by atoms with E-state index in [0.717, 1.165) is 4.90 Å². The molecular weight excluding hydrogens is 294 g/mol. The summed E-state index contributed by atoms with van der Waals surface area (Å²) >= 11 is 5.83. The van der Waals surface area contributed by atoms with Crippen molar-refractivity contribution in [2.24, 2.45) is 0 Å². The number of amides is 2. The standard InChI is InChI=1S/C15H10ClNO4/c1-7-10-11(12(18)15(20)17(2)14(10)19)13(21-7)8-3-5-9(16)6-4-8/h3-6H,1-2H3. The van der Waals surface area contributed by atoms with Crippen LogP contribution in [0.3, 0.4) is 0 Å². The van der Waals surface area contributed by atoms with Gasteiger partial charge in [0.15, 0.2) is 0 Å². The Morgan fingerprint density at radius 3 is 2.24 bits per heavy atom. The van der Waals surface area contributed by atoms with Crippen LogP contribution in [-0.2, 0) is 4.79 Å². The fourth-order valence-corrected chi connectivity index (χ4v) is 2.47. The van der Waals surface area contributed by atoms with Crippen molar-refractivity contribution in [1.29, 1.82) is 0 Å². The molecule has 5 nitrogen and oxygen atoms in total. The van der Waals surface area contributed by atoms with E-state index in [1.54, 1.807) is 31.2 Å². The average Bonchev–Trinajstić information content (AvgIpc) is 2.81. The smallest absolute Gasteiger partial charge is 0.301 e. The molecule has 0 saturated carbocycles. The molecule has 0 radical (unpaired) electrons. The van der Waals surface area contributed by atoms with Crippen molar-refractivity contribution in [3.63, 3.8) is 0 Å². The van der Waals surface area contributed by atoms with Gasteiger partial charge in [-0.25, -0.2) is 0 Å². The summed E-state index contributed by atoms with van der Waals surface area (Å²) in [5, 5.41) is 0.536. The Kier molecular flexibility index (Phi) is 2.95. The maximum atomic E-state index is 12.2. The van der Waals surface area contributed by atoms with Crippen molar-refractivity contribution in [2.75, 3.05) is 7.05 Å². The Morgan fingerprint density at radius 2 is 1.62 bits per heavy atom. The minimum absolute atomic E-state index is 0.0305.